The molecule has 0 aromatic heterocycles. The van der Waals surface area contributed by atoms with Gasteiger partial charge in [0.1, 0.15) is 23.9 Å². The molecule has 37 heavy (non-hydrogen) atoms. The number of benzene rings is 2. The largest absolute Gasteiger partial charge is 0.507 e. The van der Waals surface area contributed by atoms with E-state index in [2.05, 4.69) is 33.3 Å². The molecule has 0 saturated carbocycles. The van der Waals surface area contributed by atoms with Crippen LogP contribution in [0.15, 0.2) is 48.2 Å². The standard InChI is InChI=1S/C29H33N3O5/c33-26-6-5-23-28(34)27(37-29(23)25(26)19-32-9-7-30-8-10-32)17-21-2-1-20-3-4-22(18-24(20)21)36-16-13-31-11-14-35-15-12-31/h2-6,17-18,30,33H,1,7-16,19H2/b27-17-. The minimum Gasteiger partial charge on any atom is -0.507 e. The highest BCUT2D eigenvalue weighted by molar-refractivity contribution is 6.14. The van der Waals surface area contributed by atoms with Crippen molar-refractivity contribution < 1.29 is 24.1 Å². The normalized spacial score (nSPS) is 21.0. The monoisotopic (exact) mass is 503 g/mol. The van der Waals surface area contributed by atoms with Gasteiger partial charge in [0.15, 0.2) is 5.76 Å². The number of rotatable bonds is 7. The molecule has 2 aromatic carbocycles. The van der Waals surface area contributed by atoms with E-state index in [1.807, 2.05) is 12.1 Å². The van der Waals surface area contributed by atoms with Gasteiger partial charge in [-0.3, -0.25) is 14.6 Å². The minimum absolute atomic E-state index is 0.149. The predicted molar refractivity (Wildman–Crippen MR) is 140 cm³/mol. The number of allylic oxidation sites excluding steroid dienone is 4. The van der Waals surface area contributed by atoms with Gasteiger partial charge in [-0.2, -0.15) is 0 Å². The predicted octanol–water partition coefficient (Wildman–Crippen LogP) is 2.61. The molecule has 2 aromatic rings. The maximum Gasteiger partial charge on any atom is 0.231 e. The molecule has 2 fully saturated rings. The first-order valence-corrected chi connectivity index (χ1v) is 13.1. The van der Waals surface area contributed by atoms with Gasteiger partial charge in [0.25, 0.3) is 0 Å². The Morgan fingerprint density at radius 1 is 1.03 bits per heavy atom. The van der Waals surface area contributed by atoms with Crippen LogP contribution in [-0.4, -0.2) is 86.3 Å². The van der Waals surface area contributed by atoms with E-state index in [9.17, 15) is 9.90 Å². The second-order valence-corrected chi connectivity index (χ2v) is 9.89. The van der Waals surface area contributed by atoms with Gasteiger partial charge in [0.05, 0.1) is 24.3 Å². The molecule has 0 spiro atoms. The third-order valence-electron chi connectivity index (χ3n) is 7.51. The lowest BCUT2D eigenvalue weighted by atomic mass is 10.0. The van der Waals surface area contributed by atoms with E-state index < -0.39 is 0 Å². The SMILES string of the molecule is O=C1/C(=C/C2=CCc3ccc(OCCN4CCOCC4)cc32)Oc2c1ccc(O)c2CN1CCNCC1. The Hall–Kier alpha value is -3.17. The summed E-state index contributed by atoms with van der Waals surface area (Å²) in [6, 6.07) is 9.42. The summed E-state index contributed by atoms with van der Waals surface area (Å²) >= 11 is 0. The Balaban J connectivity index is 1.17. The number of fused-ring (bicyclic) bond motifs is 2. The third-order valence-corrected chi connectivity index (χ3v) is 7.51. The van der Waals surface area contributed by atoms with Crippen molar-refractivity contribution in [2.24, 2.45) is 0 Å². The summed E-state index contributed by atoms with van der Waals surface area (Å²) in [5, 5.41) is 13.9. The van der Waals surface area contributed by atoms with Crippen molar-refractivity contribution in [3.05, 3.63) is 70.5 Å². The fourth-order valence-electron chi connectivity index (χ4n) is 5.36. The number of ketones is 1. The first-order chi connectivity index (χ1) is 18.2. The van der Waals surface area contributed by atoms with Crippen LogP contribution in [0.3, 0.4) is 0 Å². The third kappa shape index (κ3) is 5.15. The fraction of sp³-hybridized carbons (Fsp3) is 0.414. The zero-order chi connectivity index (χ0) is 25.2. The zero-order valence-corrected chi connectivity index (χ0v) is 21.0. The highest BCUT2D eigenvalue weighted by Gasteiger charge is 2.32. The number of nitrogens with one attached hydrogen (secondary N) is 1. The molecule has 0 unspecified atom stereocenters. The molecule has 4 aliphatic rings. The van der Waals surface area contributed by atoms with Crippen molar-refractivity contribution >= 4 is 11.4 Å². The van der Waals surface area contributed by atoms with Crippen LogP contribution in [-0.2, 0) is 17.7 Å². The smallest absolute Gasteiger partial charge is 0.231 e. The topological polar surface area (TPSA) is 83.5 Å². The van der Waals surface area contributed by atoms with Gasteiger partial charge in [-0.25, -0.2) is 0 Å². The van der Waals surface area contributed by atoms with Crippen molar-refractivity contribution in [3.8, 4) is 17.2 Å². The summed E-state index contributed by atoms with van der Waals surface area (Å²) in [5.41, 5.74) is 4.40. The molecule has 2 saturated heterocycles. The minimum atomic E-state index is -0.149. The fourth-order valence-corrected chi connectivity index (χ4v) is 5.36. The number of aromatic hydroxyl groups is 1. The molecule has 0 bridgehead atoms. The Kier molecular flexibility index (Phi) is 6.97. The maximum atomic E-state index is 13.2. The van der Waals surface area contributed by atoms with Crippen LogP contribution in [0.2, 0.25) is 0 Å². The molecule has 0 radical (unpaired) electrons. The summed E-state index contributed by atoms with van der Waals surface area (Å²) < 4.78 is 17.6. The van der Waals surface area contributed by atoms with Gasteiger partial charge >= 0.3 is 0 Å². The van der Waals surface area contributed by atoms with E-state index in [1.54, 1.807) is 12.1 Å². The van der Waals surface area contributed by atoms with E-state index in [4.69, 9.17) is 14.2 Å². The lowest BCUT2D eigenvalue weighted by Gasteiger charge is -2.27. The van der Waals surface area contributed by atoms with E-state index in [1.165, 1.54) is 5.56 Å². The highest BCUT2D eigenvalue weighted by Crippen LogP contribution is 2.41. The molecule has 8 heteroatoms. The second-order valence-electron chi connectivity index (χ2n) is 9.89. The number of hydrogen-bond donors (Lipinski definition) is 2. The number of nitrogens with zero attached hydrogens (tertiary/aromatic N) is 2. The lowest BCUT2D eigenvalue weighted by molar-refractivity contribution is 0.0322. The van der Waals surface area contributed by atoms with Crippen LogP contribution in [0.4, 0.5) is 0 Å². The van der Waals surface area contributed by atoms with Gasteiger partial charge in [-0.15, -0.1) is 0 Å². The Morgan fingerprint density at radius 2 is 1.86 bits per heavy atom. The number of carbonyl (C=O) groups is 1. The van der Waals surface area contributed by atoms with E-state index in [0.29, 0.717) is 35.8 Å². The van der Waals surface area contributed by atoms with Gasteiger partial charge < -0.3 is 24.6 Å². The van der Waals surface area contributed by atoms with Gasteiger partial charge in [-0.05, 0) is 53.5 Å². The number of Topliss-reactive ketones (excluding diaryl/α,β-unsaturated/α-hetero) is 1. The molecule has 0 atom stereocenters. The van der Waals surface area contributed by atoms with Crippen molar-refractivity contribution in [1.82, 2.24) is 15.1 Å². The van der Waals surface area contributed by atoms with Crippen LogP contribution in [0.1, 0.15) is 27.0 Å². The Bertz CT molecular complexity index is 1240. The summed E-state index contributed by atoms with van der Waals surface area (Å²) in [4.78, 5) is 17.9. The zero-order valence-electron chi connectivity index (χ0n) is 21.0. The quantitative estimate of drug-likeness (QED) is 0.558. The molecule has 1 aliphatic carbocycles. The Morgan fingerprint density at radius 3 is 2.70 bits per heavy atom. The molecular weight excluding hydrogens is 470 g/mol. The van der Waals surface area contributed by atoms with Crippen LogP contribution < -0.4 is 14.8 Å². The molecule has 3 heterocycles. The van der Waals surface area contributed by atoms with E-state index in [-0.39, 0.29) is 11.5 Å². The number of ether oxygens (including phenoxy) is 3. The number of piperazine rings is 1. The molecule has 2 N–H and O–H groups in total. The number of morpholine rings is 1. The van der Waals surface area contributed by atoms with Gasteiger partial charge in [0.2, 0.25) is 5.78 Å². The lowest BCUT2D eigenvalue weighted by Crippen LogP contribution is -2.42. The number of phenols is 1. The molecule has 194 valence electrons. The van der Waals surface area contributed by atoms with Crippen molar-refractivity contribution in [3.63, 3.8) is 0 Å². The van der Waals surface area contributed by atoms with Crippen LogP contribution >= 0.6 is 0 Å². The average Bonchev–Trinajstić information content (AvgIpc) is 3.47. The van der Waals surface area contributed by atoms with Crippen molar-refractivity contribution in [1.29, 1.82) is 0 Å². The average molecular weight is 504 g/mol. The van der Waals surface area contributed by atoms with E-state index in [0.717, 1.165) is 82.3 Å². The molecule has 8 nitrogen and oxygen atoms in total. The second kappa shape index (κ2) is 10.7. The van der Waals surface area contributed by atoms with Gasteiger partial charge in [-0.1, -0.05) is 12.1 Å². The molecule has 3 aliphatic heterocycles. The summed E-state index contributed by atoms with van der Waals surface area (Å²) in [6.07, 6.45) is 4.75. The number of carbonyl (C=O) groups excluding carboxylic acids is 1. The highest BCUT2D eigenvalue weighted by atomic mass is 16.5. The van der Waals surface area contributed by atoms with E-state index >= 15 is 0 Å². The van der Waals surface area contributed by atoms with Crippen LogP contribution in [0.25, 0.3) is 5.57 Å². The first-order valence-electron chi connectivity index (χ1n) is 13.1. The number of phenolic OH excluding ortho intramolecular Hbond substituents is 1. The number of hydrogen-bond acceptors (Lipinski definition) is 8. The summed E-state index contributed by atoms with van der Waals surface area (Å²) in [6.45, 7) is 9.09. The van der Waals surface area contributed by atoms with Gasteiger partial charge in [0, 0.05) is 52.4 Å². The first kappa shape index (κ1) is 24.2. The summed E-state index contributed by atoms with van der Waals surface area (Å²) in [7, 11) is 0. The maximum absolute atomic E-state index is 13.2. The van der Waals surface area contributed by atoms with Crippen molar-refractivity contribution in [2.75, 3.05) is 65.6 Å². The molecular formula is C29H33N3O5. The van der Waals surface area contributed by atoms with Crippen molar-refractivity contribution in [2.45, 2.75) is 13.0 Å². The molecule has 6 rings (SSSR count). The van der Waals surface area contributed by atoms with Crippen LogP contribution in [0.5, 0.6) is 17.2 Å². The molecule has 0 amide bonds. The van der Waals surface area contributed by atoms with Crippen LogP contribution in [0, 0.1) is 0 Å². The Labute approximate surface area is 217 Å². The summed E-state index contributed by atoms with van der Waals surface area (Å²) in [5.74, 6) is 1.61.